The van der Waals surface area contributed by atoms with Gasteiger partial charge in [-0.1, -0.05) is 13.8 Å². The van der Waals surface area contributed by atoms with E-state index in [-0.39, 0.29) is 5.28 Å². The van der Waals surface area contributed by atoms with Crippen molar-refractivity contribution in [2.24, 2.45) is 0 Å². The van der Waals surface area contributed by atoms with Crippen molar-refractivity contribution in [3.05, 3.63) is 23.2 Å². The smallest absolute Gasteiger partial charge is 0.226 e. The van der Waals surface area contributed by atoms with Crippen LogP contribution >= 0.6 is 11.6 Å². The predicted octanol–water partition coefficient (Wildman–Crippen LogP) is 3.18. The Balaban J connectivity index is 0.000000671. The van der Waals surface area contributed by atoms with E-state index in [0.717, 1.165) is 0 Å². The van der Waals surface area contributed by atoms with Crippen LogP contribution in [0.3, 0.4) is 0 Å². The Morgan fingerprint density at radius 1 is 1.15 bits per heavy atom. The molecule has 0 aromatic carbocycles. The Bertz CT molecular complexity index is 245. The van der Waals surface area contributed by atoms with Crippen molar-refractivity contribution in [1.29, 1.82) is 0 Å². The molecule has 0 saturated heterocycles. The van der Waals surface area contributed by atoms with Crippen molar-refractivity contribution < 1.29 is 13.2 Å². The molecule has 1 rings (SSSR count). The summed E-state index contributed by atoms with van der Waals surface area (Å²) in [5.74, 6) is 0. The van der Waals surface area contributed by atoms with Gasteiger partial charge in [0, 0.05) is 12.4 Å². The first-order valence-corrected chi connectivity index (χ1v) is 3.92. The fourth-order valence-electron chi connectivity index (χ4n) is 0.459. The maximum absolute atomic E-state index is 11.8. The number of halogens is 4. The van der Waals surface area contributed by atoms with E-state index < -0.39 is 11.7 Å². The van der Waals surface area contributed by atoms with Crippen LogP contribution in [0.25, 0.3) is 0 Å². The summed E-state index contributed by atoms with van der Waals surface area (Å²) in [4.78, 5) is 6.36. The summed E-state index contributed by atoms with van der Waals surface area (Å²) in [6, 6.07) is 0. The molecule has 74 valence electrons. The molecule has 0 atom stereocenters. The van der Waals surface area contributed by atoms with Gasteiger partial charge in [-0.25, -0.2) is 9.97 Å². The van der Waals surface area contributed by atoms with Gasteiger partial charge in [0.05, 0.1) is 5.56 Å². The molecule has 0 saturated carbocycles. The van der Waals surface area contributed by atoms with E-state index in [1.54, 1.807) is 0 Å². The second-order valence-electron chi connectivity index (χ2n) is 1.74. The van der Waals surface area contributed by atoms with Crippen molar-refractivity contribution in [2.75, 3.05) is 0 Å². The molecule has 13 heavy (non-hydrogen) atoms. The van der Waals surface area contributed by atoms with Gasteiger partial charge in [0.2, 0.25) is 5.28 Å². The van der Waals surface area contributed by atoms with Crippen LogP contribution in [0.5, 0.6) is 0 Å². The van der Waals surface area contributed by atoms with Gasteiger partial charge in [0.15, 0.2) is 0 Å². The van der Waals surface area contributed by atoms with Crippen molar-refractivity contribution in [1.82, 2.24) is 9.97 Å². The van der Waals surface area contributed by atoms with Crippen LogP contribution in [0.15, 0.2) is 12.4 Å². The Labute approximate surface area is 78.8 Å². The van der Waals surface area contributed by atoms with Crippen LogP contribution in [0, 0.1) is 0 Å². The first-order chi connectivity index (χ1) is 6.00. The average molecular weight is 213 g/mol. The van der Waals surface area contributed by atoms with E-state index in [0.29, 0.717) is 12.4 Å². The van der Waals surface area contributed by atoms with Crippen LogP contribution in [0.1, 0.15) is 19.4 Å². The number of rotatable bonds is 0. The van der Waals surface area contributed by atoms with E-state index in [1.165, 1.54) is 0 Å². The monoisotopic (exact) mass is 212 g/mol. The molecule has 2 nitrogen and oxygen atoms in total. The van der Waals surface area contributed by atoms with Crippen molar-refractivity contribution in [2.45, 2.75) is 20.0 Å². The summed E-state index contributed by atoms with van der Waals surface area (Å²) in [7, 11) is 0. The van der Waals surface area contributed by atoms with Gasteiger partial charge in [-0.15, -0.1) is 0 Å². The van der Waals surface area contributed by atoms with E-state index in [2.05, 4.69) is 9.97 Å². The zero-order valence-electron chi connectivity index (χ0n) is 7.06. The standard InChI is InChI=1S/C5H2ClF3N2.C2H6/c6-4-10-1-3(2-11-4)5(7,8)9;1-2/h1-2H;1-2H3. The largest absolute Gasteiger partial charge is 0.419 e. The van der Waals surface area contributed by atoms with Gasteiger partial charge in [-0.05, 0) is 11.6 Å². The number of hydrogen-bond donors (Lipinski definition) is 0. The molecule has 1 aromatic rings. The van der Waals surface area contributed by atoms with Gasteiger partial charge >= 0.3 is 6.18 Å². The zero-order valence-corrected chi connectivity index (χ0v) is 7.82. The van der Waals surface area contributed by atoms with E-state index in [1.807, 2.05) is 13.8 Å². The number of alkyl halides is 3. The van der Waals surface area contributed by atoms with E-state index in [9.17, 15) is 13.2 Å². The third kappa shape index (κ3) is 4.07. The molecule has 6 heteroatoms. The fourth-order valence-corrected chi connectivity index (χ4v) is 0.556. The molecule has 0 spiro atoms. The highest BCUT2D eigenvalue weighted by Gasteiger charge is 2.31. The van der Waals surface area contributed by atoms with Gasteiger partial charge in [0.25, 0.3) is 0 Å². The molecule has 0 N–H and O–H groups in total. The predicted molar refractivity (Wildman–Crippen MR) is 43.4 cm³/mol. The summed E-state index contributed by atoms with van der Waals surface area (Å²) in [6.07, 6.45) is -3.13. The van der Waals surface area contributed by atoms with Gasteiger partial charge in [-0.3, -0.25) is 0 Å². The first kappa shape index (κ1) is 12.2. The second kappa shape index (κ2) is 5.01. The topological polar surface area (TPSA) is 25.8 Å². The maximum atomic E-state index is 11.8. The third-order valence-electron chi connectivity index (χ3n) is 0.948. The fraction of sp³-hybridized carbons (Fsp3) is 0.429. The van der Waals surface area contributed by atoms with Crippen LogP contribution in [-0.2, 0) is 6.18 Å². The van der Waals surface area contributed by atoms with Crippen molar-refractivity contribution >= 4 is 11.6 Å². The molecular formula is C7H8ClF3N2. The third-order valence-corrected chi connectivity index (χ3v) is 1.14. The van der Waals surface area contributed by atoms with Gasteiger partial charge in [-0.2, -0.15) is 13.2 Å². The molecule has 0 aliphatic heterocycles. The Morgan fingerprint density at radius 2 is 1.54 bits per heavy atom. The summed E-state index contributed by atoms with van der Waals surface area (Å²) in [5, 5.41) is -0.196. The molecular weight excluding hydrogens is 205 g/mol. The van der Waals surface area contributed by atoms with E-state index in [4.69, 9.17) is 11.6 Å². The summed E-state index contributed by atoms with van der Waals surface area (Å²) in [5.41, 5.74) is -0.901. The molecule has 0 radical (unpaired) electrons. The molecule has 0 aliphatic rings. The van der Waals surface area contributed by atoms with Crippen LogP contribution in [-0.4, -0.2) is 9.97 Å². The van der Waals surface area contributed by atoms with Gasteiger partial charge in [0.1, 0.15) is 0 Å². The normalized spacial score (nSPS) is 10.3. The Morgan fingerprint density at radius 3 is 1.85 bits per heavy atom. The lowest BCUT2D eigenvalue weighted by Gasteiger charge is -2.03. The number of nitrogens with zero attached hydrogens (tertiary/aromatic N) is 2. The van der Waals surface area contributed by atoms with E-state index >= 15 is 0 Å². The highest BCUT2D eigenvalue weighted by molar-refractivity contribution is 6.28. The summed E-state index contributed by atoms with van der Waals surface area (Å²) in [6.45, 7) is 4.00. The van der Waals surface area contributed by atoms with Crippen LogP contribution in [0.2, 0.25) is 5.28 Å². The highest BCUT2D eigenvalue weighted by Crippen LogP contribution is 2.27. The summed E-state index contributed by atoms with van der Waals surface area (Å²) < 4.78 is 35.4. The van der Waals surface area contributed by atoms with Crippen LogP contribution in [0.4, 0.5) is 13.2 Å². The molecule has 0 amide bonds. The molecule has 0 aliphatic carbocycles. The lowest BCUT2D eigenvalue weighted by Crippen LogP contribution is -2.05. The Kier molecular flexibility index (Phi) is 4.69. The SMILES string of the molecule is CC.FC(F)(F)c1cnc(Cl)nc1. The minimum absolute atomic E-state index is 0.196. The molecule has 1 aromatic heterocycles. The van der Waals surface area contributed by atoms with Gasteiger partial charge < -0.3 is 0 Å². The Hall–Kier alpha value is -0.840. The maximum Gasteiger partial charge on any atom is 0.419 e. The van der Waals surface area contributed by atoms with Crippen LogP contribution < -0.4 is 0 Å². The summed E-state index contributed by atoms with van der Waals surface area (Å²) >= 11 is 5.17. The second-order valence-corrected chi connectivity index (χ2v) is 2.08. The first-order valence-electron chi connectivity index (χ1n) is 3.55. The average Bonchev–Trinajstić information content (AvgIpc) is 2.07. The lowest BCUT2D eigenvalue weighted by atomic mass is 10.3. The van der Waals surface area contributed by atoms with Crippen molar-refractivity contribution in [3.8, 4) is 0 Å². The molecule has 1 heterocycles. The number of hydrogen-bond acceptors (Lipinski definition) is 2. The molecule has 0 bridgehead atoms. The zero-order chi connectivity index (χ0) is 10.5. The minimum Gasteiger partial charge on any atom is -0.226 e. The quantitative estimate of drug-likeness (QED) is 0.618. The number of aromatic nitrogens is 2. The lowest BCUT2D eigenvalue weighted by molar-refractivity contribution is -0.138. The molecule has 0 unspecified atom stereocenters. The van der Waals surface area contributed by atoms with Crippen molar-refractivity contribution in [3.63, 3.8) is 0 Å². The molecule has 0 fully saturated rings. The minimum atomic E-state index is -4.40. The highest BCUT2D eigenvalue weighted by atomic mass is 35.5.